The first kappa shape index (κ1) is 16.7. The molecule has 0 aliphatic rings. The van der Waals surface area contributed by atoms with Crippen LogP contribution in [-0.2, 0) is 5.75 Å². The van der Waals surface area contributed by atoms with Crippen molar-refractivity contribution in [3.63, 3.8) is 0 Å². The van der Waals surface area contributed by atoms with Crippen LogP contribution in [0.3, 0.4) is 0 Å². The van der Waals surface area contributed by atoms with E-state index in [1.807, 2.05) is 0 Å². The average molecular weight is 334 g/mol. The van der Waals surface area contributed by atoms with E-state index in [2.05, 4.69) is 86.4 Å². The lowest BCUT2D eigenvalue weighted by Crippen LogP contribution is -1.93. The lowest BCUT2D eigenvalue weighted by atomic mass is 10.0. The molecule has 2 nitrogen and oxygen atoms in total. The maximum Gasteiger partial charge on any atom is 0.119 e. The number of nitrogens with zero attached hydrogens (tertiary/aromatic N) is 2. The van der Waals surface area contributed by atoms with E-state index in [9.17, 15) is 0 Å². The third-order valence-corrected chi connectivity index (χ3v) is 5.15. The SMILES string of the molecule is Cc1ccc(-c2ccc(SCc3cc(C)ccc3C)nn2)c(C)c1. The van der Waals surface area contributed by atoms with Gasteiger partial charge in [-0.2, -0.15) is 0 Å². The fourth-order valence-corrected chi connectivity index (χ4v) is 3.63. The van der Waals surface area contributed by atoms with Crippen LogP contribution in [0.25, 0.3) is 11.3 Å². The van der Waals surface area contributed by atoms with Crippen molar-refractivity contribution in [2.45, 2.75) is 38.5 Å². The van der Waals surface area contributed by atoms with Crippen molar-refractivity contribution in [1.29, 1.82) is 0 Å². The second kappa shape index (κ2) is 7.18. The molecule has 0 radical (unpaired) electrons. The molecule has 0 amide bonds. The van der Waals surface area contributed by atoms with E-state index in [0.29, 0.717) is 0 Å². The molecule has 0 saturated heterocycles. The van der Waals surface area contributed by atoms with Crippen molar-refractivity contribution < 1.29 is 0 Å². The van der Waals surface area contributed by atoms with E-state index in [-0.39, 0.29) is 0 Å². The largest absolute Gasteiger partial charge is 0.149 e. The first-order valence-corrected chi connectivity index (χ1v) is 9.12. The molecule has 0 N–H and O–H groups in total. The minimum atomic E-state index is 0.922. The highest BCUT2D eigenvalue weighted by atomic mass is 32.2. The number of hydrogen-bond donors (Lipinski definition) is 0. The summed E-state index contributed by atoms with van der Waals surface area (Å²) in [6.07, 6.45) is 0. The summed E-state index contributed by atoms with van der Waals surface area (Å²) in [5.41, 5.74) is 8.58. The molecule has 122 valence electrons. The summed E-state index contributed by atoms with van der Waals surface area (Å²) in [6.45, 7) is 8.51. The zero-order chi connectivity index (χ0) is 17.1. The first-order valence-electron chi connectivity index (χ1n) is 8.13. The monoisotopic (exact) mass is 334 g/mol. The van der Waals surface area contributed by atoms with Crippen LogP contribution in [0, 0.1) is 27.7 Å². The minimum absolute atomic E-state index is 0.922. The van der Waals surface area contributed by atoms with Gasteiger partial charge in [-0.05, 0) is 56.5 Å². The highest BCUT2D eigenvalue weighted by molar-refractivity contribution is 7.98. The molecule has 1 aromatic heterocycles. The molecule has 0 saturated carbocycles. The van der Waals surface area contributed by atoms with Crippen molar-refractivity contribution in [2.75, 3.05) is 0 Å². The molecular weight excluding hydrogens is 312 g/mol. The Balaban J connectivity index is 1.74. The third-order valence-electron chi connectivity index (χ3n) is 4.18. The van der Waals surface area contributed by atoms with Crippen molar-refractivity contribution in [1.82, 2.24) is 10.2 Å². The summed E-state index contributed by atoms with van der Waals surface area (Å²) < 4.78 is 0. The Morgan fingerprint density at radius 3 is 2.21 bits per heavy atom. The average Bonchev–Trinajstić information content (AvgIpc) is 2.56. The third kappa shape index (κ3) is 3.85. The molecule has 0 spiro atoms. The molecule has 3 aromatic rings. The van der Waals surface area contributed by atoms with Gasteiger partial charge in [-0.1, -0.05) is 59.3 Å². The van der Waals surface area contributed by atoms with E-state index in [1.54, 1.807) is 11.8 Å². The number of aromatic nitrogens is 2. The van der Waals surface area contributed by atoms with Gasteiger partial charge in [0.15, 0.2) is 0 Å². The van der Waals surface area contributed by atoms with Gasteiger partial charge in [0.25, 0.3) is 0 Å². The first-order chi connectivity index (χ1) is 11.5. The summed E-state index contributed by atoms with van der Waals surface area (Å²) >= 11 is 1.73. The van der Waals surface area contributed by atoms with Crippen molar-refractivity contribution in [3.05, 3.63) is 76.3 Å². The molecule has 0 atom stereocenters. The Kier molecular flexibility index (Phi) is 5.00. The normalized spacial score (nSPS) is 10.8. The highest BCUT2D eigenvalue weighted by Crippen LogP contribution is 2.26. The zero-order valence-corrected chi connectivity index (χ0v) is 15.4. The number of thioether (sulfide) groups is 1. The Morgan fingerprint density at radius 1 is 0.750 bits per heavy atom. The Morgan fingerprint density at radius 2 is 1.50 bits per heavy atom. The maximum absolute atomic E-state index is 4.42. The molecule has 1 heterocycles. The molecule has 0 aliphatic carbocycles. The van der Waals surface area contributed by atoms with E-state index in [4.69, 9.17) is 0 Å². The molecule has 0 aliphatic heterocycles. The second-order valence-corrected chi connectivity index (χ2v) is 7.29. The van der Waals surface area contributed by atoms with Gasteiger partial charge in [-0.15, -0.1) is 10.2 Å². The number of rotatable bonds is 4. The van der Waals surface area contributed by atoms with E-state index < -0.39 is 0 Å². The molecule has 0 fully saturated rings. The maximum atomic E-state index is 4.42. The molecule has 0 unspecified atom stereocenters. The van der Waals surface area contributed by atoms with Gasteiger partial charge in [0.2, 0.25) is 0 Å². The molecular formula is C21H22N2S. The standard InChI is InChI=1S/C21H22N2S/c1-14-6-8-19(17(4)11-14)20-9-10-21(23-22-20)24-13-18-12-15(2)5-7-16(18)3/h5-12H,13H2,1-4H3. The number of benzene rings is 2. The minimum Gasteiger partial charge on any atom is -0.149 e. The molecule has 3 heteroatoms. The van der Waals surface area contributed by atoms with Crippen LogP contribution in [0.1, 0.15) is 27.8 Å². The van der Waals surface area contributed by atoms with Gasteiger partial charge in [0, 0.05) is 11.3 Å². The van der Waals surface area contributed by atoms with Crippen LogP contribution < -0.4 is 0 Å². The lowest BCUT2D eigenvalue weighted by molar-refractivity contribution is 0.934. The predicted octanol–water partition coefficient (Wildman–Crippen LogP) is 5.67. The molecule has 3 rings (SSSR count). The van der Waals surface area contributed by atoms with Gasteiger partial charge in [0.1, 0.15) is 5.03 Å². The van der Waals surface area contributed by atoms with Gasteiger partial charge < -0.3 is 0 Å². The quantitative estimate of drug-likeness (QED) is 0.575. The van der Waals surface area contributed by atoms with Gasteiger partial charge in [0.05, 0.1) is 5.69 Å². The van der Waals surface area contributed by atoms with Gasteiger partial charge in [-0.3, -0.25) is 0 Å². The van der Waals surface area contributed by atoms with Crippen LogP contribution in [0.4, 0.5) is 0 Å². The summed E-state index contributed by atoms with van der Waals surface area (Å²) in [4.78, 5) is 0. The van der Waals surface area contributed by atoms with Crippen LogP contribution >= 0.6 is 11.8 Å². The molecule has 2 aromatic carbocycles. The van der Waals surface area contributed by atoms with Crippen molar-refractivity contribution in [2.24, 2.45) is 0 Å². The summed E-state index contributed by atoms with van der Waals surface area (Å²) in [5.74, 6) is 0.922. The van der Waals surface area contributed by atoms with Gasteiger partial charge in [-0.25, -0.2) is 0 Å². The summed E-state index contributed by atoms with van der Waals surface area (Å²) in [5, 5.41) is 9.78. The smallest absolute Gasteiger partial charge is 0.119 e. The number of aryl methyl sites for hydroxylation is 4. The highest BCUT2D eigenvalue weighted by Gasteiger charge is 2.06. The topological polar surface area (TPSA) is 25.8 Å². The Bertz CT molecular complexity index is 854. The van der Waals surface area contributed by atoms with Gasteiger partial charge >= 0.3 is 0 Å². The summed E-state index contributed by atoms with van der Waals surface area (Å²) in [6, 6.07) is 17.1. The van der Waals surface area contributed by atoms with Crippen molar-refractivity contribution in [3.8, 4) is 11.3 Å². The predicted molar refractivity (Wildman–Crippen MR) is 102 cm³/mol. The lowest BCUT2D eigenvalue weighted by Gasteiger charge is -2.08. The van der Waals surface area contributed by atoms with E-state index in [1.165, 1.54) is 27.8 Å². The van der Waals surface area contributed by atoms with Crippen LogP contribution in [0.5, 0.6) is 0 Å². The second-order valence-electron chi connectivity index (χ2n) is 6.29. The molecule has 24 heavy (non-hydrogen) atoms. The zero-order valence-electron chi connectivity index (χ0n) is 14.6. The van der Waals surface area contributed by atoms with E-state index >= 15 is 0 Å². The summed E-state index contributed by atoms with van der Waals surface area (Å²) in [7, 11) is 0. The van der Waals surface area contributed by atoms with Crippen LogP contribution in [0.15, 0.2) is 53.6 Å². The van der Waals surface area contributed by atoms with Crippen LogP contribution in [-0.4, -0.2) is 10.2 Å². The Hall–Kier alpha value is -2.13. The van der Waals surface area contributed by atoms with Crippen LogP contribution in [0.2, 0.25) is 0 Å². The van der Waals surface area contributed by atoms with E-state index in [0.717, 1.165) is 22.0 Å². The fourth-order valence-electron chi connectivity index (χ4n) is 2.75. The number of hydrogen-bond acceptors (Lipinski definition) is 3. The van der Waals surface area contributed by atoms with Crippen molar-refractivity contribution >= 4 is 11.8 Å². The Labute approximate surface area is 148 Å². The fraction of sp³-hybridized carbons (Fsp3) is 0.238. The molecule has 0 bridgehead atoms.